The molecule has 2 heterocycles. The quantitative estimate of drug-likeness (QED) is 0.315. The van der Waals surface area contributed by atoms with Gasteiger partial charge in [0.2, 0.25) is 10.0 Å². The van der Waals surface area contributed by atoms with E-state index in [1.54, 1.807) is 12.1 Å². The largest absolute Gasteiger partial charge is 0.468 e. The van der Waals surface area contributed by atoms with Crippen molar-refractivity contribution >= 4 is 66.7 Å². The van der Waals surface area contributed by atoms with E-state index >= 15 is 0 Å². The monoisotopic (exact) mass is 589 g/mol. The molecular formula is C26H21Cl2N3O5S2. The highest BCUT2D eigenvalue weighted by molar-refractivity contribution is 7.89. The molecule has 0 saturated heterocycles. The Balaban J connectivity index is 1.45. The van der Waals surface area contributed by atoms with Crippen LogP contribution in [0, 0.1) is 0 Å². The average molecular weight is 591 g/mol. The first-order valence-electron chi connectivity index (χ1n) is 11.5. The molecular weight excluding hydrogens is 569 g/mol. The molecule has 0 N–H and O–H groups in total. The third-order valence-electron chi connectivity index (χ3n) is 6.28. The highest BCUT2D eigenvalue weighted by Gasteiger charge is 2.28. The Morgan fingerprint density at radius 1 is 1.03 bits per heavy atom. The van der Waals surface area contributed by atoms with Crippen molar-refractivity contribution in [3.05, 3.63) is 92.2 Å². The van der Waals surface area contributed by atoms with E-state index in [0.717, 1.165) is 22.5 Å². The number of hydrogen-bond donors (Lipinski definition) is 0. The number of benzene rings is 3. The molecule has 12 heteroatoms. The van der Waals surface area contributed by atoms with Crippen molar-refractivity contribution in [3.8, 4) is 0 Å². The fraction of sp³-hybridized carbons (Fsp3) is 0.192. The third kappa shape index (κ3) is 5.02. The summed E-state index contributed by atoms with van der Waals surface area (Å²) in [5, 5.41) is 0.524. The van der Waals surface area contributed by atoms with Crippen molar-refractivity contribution in [3.63, 3.8) is 0 Å². The lowest BCUT2D eigenvalue weighted by Crippen LogP contribution is -2.35. The first-order valence-corrected chi connectivity index (χ1v) is 14.5. The molecule has 0 bridgehead atoms. The summed E-state index contributed by atoms with van der Waals surface area (Å²) in [6.45, 7) is 0.458. The van der Waals surface area contributed by atoms with Crippen molar-refractivity contribution in [1.82, 2.24) is 8.87 Å². The number of carbonyl (C=O) groups is 2. The molecule has 1 amide bonds. The smallest absolute Gasteiger partial charge is 0.325 e. The van der Waals surface area contributed by atoms with Gasteiger partial charge in [-0.15, -0.1) is 0 Å². The highest BCUT2D eigenvalue weighted by atomic mass is 35.5. The maximum Gasteiger partial charge on any atom is 0.325 e. The number of rotatable bonds is 5. The molecule has 0 saturated carbocycles. The topological polar surface area (TPSA) is 98.0 Å². The second-order valence-electron chi connectivity index (χ2n) is 8.55. The Morgan fingerprint density at radius 2 is 1.74 bits per heavy atom. The minimum absolute atomic E-state index is 0.0949. The summed E-state index contributed by atoms with van der Waals surface area (Å²) in [6.07, 6.45) is 0.640. The van der Waals surface area contributed by atoms with Crippen LogP contribution in [0.3, 0.4) is 0 Å². The molecule has 1 aromatic heterocycles. The maximum absolute atomic E-state index is 13.3. The summed E-state index contributed by atoms with van der Waals surface area (Å²) in [5.41, 5.74) is 2.79. The number of esters is 1. The van der Waals surface area contributed by atoms with Gasteiger partial charge in [-0.3, -0.25) is 9.59 Å². The second-order valence-corrected chi connectivity index (χ2v) is 12.3. The number of ether oxygens (including phenoxy) is 1. The lowest BCUT2D eigenvalue weighted by atomic mass is 10.0. The minimum atomic E-state index is -3.74. The lowest BCUT2D eigenvalue weighted by molar-refractivity contribution is -0.141. The Kier molecular flexibility index (Phi) is 7.43. The standard InChI is InChI=1S/C26H21Cl2N3O5S2/c1-36-22(32)15-31-24-21(11-10-20(27)23(24)28)37-26(31)29-25(33)17-6-8-19(9-7-17)38(34,35)30-13-12-16-4-2-3-5-18(16)14-30/h2-11H,12-15H2,1H3. The van der Waals surface area contributed by atoms with Crippen LogP contribution in [-0.2, 0) is 39.1 Å². The summed E-state index contributed by atoms with van der Waals surface area (Å²) in [4.78, 5) is 29.6. The zero-order valence-electron chi connectivity index (χ0n) is 20.1. The number of carbonyl (C=O) groups excluding carboxylic acids is 2. The van der Waals surface area contributed by atoms with Gasteiger partial charge in [0.05, 0.1) is 32.3 Å². The molecule has 1 aliphatic heterocycles. The average Bonchev–Trinajstić information content (AvgIpc) is 3.27. The molecule has 0 fully saturated rings. The van der Waals surface area contributed by atoms with Gasteiger partial charge in [0.25, 0.3) is 5.91 Å². The van der Waals surface area contributed by atoms with Gasteiger partial charge in [-0.25, -0.2) is 8.42 Å². The van der Waals surface area contributed by atoms with Crippen LogP contribution < -0.4 is 4.80 Å². The molecule has 196 valence electrons. The summed E-state index contributed by atoms with van der Waals surface area (Å²) in [6, 6.07) is 16.8. The van der Waals surface area contributed by atoms with Crippen molar-refractivity contribution in [2.24, 2.45) is 4.99 Å². The molecule has 4 aromatic rings. The van der Waals surface area contributed by atoms with Gasteiger partial charge in [0, 0.05) is 18.7 Å². The van der Waals surface area contributed by atoms with E-state index < -0.39 is 21.9 Å². The van der Waals surface area contributed by atoms with E-state index in [9.17, 15) is 18.0 Å². The third-order valence-corrected chi connectivity index (χ3v) is 9.98. The van der Waals surface area contributed by atoms with Gasteiger partial charge in [0.15, 0.2) is 4.80 Å². The van der Waals surface area contributed by atoms with Crippen molar-refractivity contribution < 1.29 is 22.7 Å². The first kappa shape index (κ1) is 26.6. The van der Waals surface area contributed by atoms with Crippen molar-refractivity contribution in [2.75, 3.05) is 13.7 Å². The number of sulfonamides is 1. The number of fused-ring (bicyclic) bond motifs is 2. The molecule has 38 heavy (non-hydrogen) atoms. The normalized spacial score (nSPS) is 14.4. The number of amides is 1. The maximum atomic E-state index is 13.3. The predicted molar refractivity (Wildman–Crippen MR) is 146 cm³/mol. The van der Waals surface area contributed by atoms with E-state index in [-0.39, 0.29) is 26.8 Å². The van der Waals surface area contributed by atoms with Crippen LogP contribution >= 0.6 is 34.5 Å². The van der Waals surface area contributed by atoms with Crippen LogP contribution in [0.4, 0.5) is 0 Å². The molecule has 0 aliphatic carbocycles. The van der Waals surface area contributed by atoms with Gasteiger partial charge in [-0.05, 0) is 53.9 Å². The zero-order valence-corrected chi connectivity index (χ0v) is 23.2. The fourth-order valence-corrected chi connectivity index (χ4v) is 7.20. The lowest BCUT2D eigenvalue weighted by Gasteiger charge is -2.28. The molecule has 0 atom stereocenters. The molecule has 8 nitrogen and oxygen atoms in total. The van der Waals surface area contributed by atoms with E-state index in [1.807, 2.05) is 24.3 Å². The Hall–Kier alpha value is -3.02. The Labute approximate surface area is 232 Å². The van der Waals surface area contributed by atoms with Crippen molar-refractivity contribution in [2.45, 2.75) is 24.4 Å². The summed E-state index contributed by atoms with van der Waals surface area (Å²) in [5.74, 6) is -1.15. The van der Waals surface area contributed by atoms with E-state index in [1.165, 1.54) is 40.2 Å². The number of thiazole rings is 1. The zero-order chi connectivity index (χ0) is 27.0. The van der Waals surface area contributed by atoms with Gasteiger partial charge >= 0.3 is 5.97 Å². The summed E-state index contributed by atoms with van der Waals surface area (Å²) >= 11 is 13.7. The van der Waals surface area contributed by atoms with Gasteiger partial charge in [-0.2, -0.15) is 9.30 Å². The fourth-order valence-electron chi connectivity index (χ4n) is 4.27. The van der Waals surface area contributed by atoms with Gasteiger partial charge < -0.3 is 9.30 Å². The van der Waals surface area contributed by atoms with Crippen LogP contribution in [0.2, 0.25) is 10.0 Å². The number of methoxy groups -OCH3 is 1. The Morgan fingerprint density at radius 3 is 2.45 bits per heavy atom. The molecule has 1 aliphatic rings. The second kappa shape index (κ2) is 10.6. The minimum Gasteiger partial charge on any atom is -0.468 e. The van der Waals surface area contributed by atoms with Crippen LogP contribution in [0.15, 0.2) is 70.6 Å². The Bertz CT molecular complexity index is 1750. The summed E-state index contributed by atoms with van der Waals surface area (Å²) < 4.78 is 34.9. The molecule has 3 aromatic carbocycles. The van der Waals surface area contributed by atoms with E-state index in [0.29, 0.717) is 34.7 Å². The molecule has 0 unspecified atom stereocenters. The van der Waals surface area contributed by atoms with Gasteiger partial charge in [0.1, 0.15) is 6.54 Å². The number of halogens is 2. The highest BCUT2D eigenvalue weighted by Crippen LogP contribution is 2.32. The van der Waals surface area contributed by atoms with Crippen LogP contribution in [0.1, 0.15) is 21.5 Å². The van der Waals surface area contributed by atoms with E-state index in [2.05, 4.69) is 4.99 Å². The molecule has 5 rings (SSSR count). The van der Waals surface area contributed by atoms with Gasteiger partial charge in [-0.1, -0.05) is 58.8 Å². The van der Waals surface area contributed by atoms with Crippen LogP contribution in [-0.4, -0.2) is 42.8 Å². The number of aromatic nitrogens is 1. The van der Waals surface area contributed by atoms with Crippen LogP contribution in [0.25, 0.3) is 10.2 Å². The first-order chi connectivity index (χ1) is 18.2. The van der Waals surface area contributed by atoms with Crippen molar-refractivity contribution in [1.29, 1.82) is 0 Å². The molecule has 0 radical (unpaired) electrons. The number of nitrogens with zero attached hydrogens (tertiary/aromatic N) is 3. The SMILES string of the molecule is COC(=O)Cn1c(=NC(=O)c2ccc(S(=O)(=O)N3CCc4ccccc4C3)cc2)sc2ccc(Cl)c(Cl)c21. The van der Waals surface area contributed by atoms with E-state index in [4.69, 9.17) is 27.9 Å². The molecule has 0 spiro atoms. The summed E-state index contributed by atoms with van der Waals surface area (Å²) in [7, 11) is -2.49. The number of hydrogen-bond acceptors (Lipinski definition) is 6. The van der Waals surface area contributed by atoms with Crippen LogP contribution in [0.5, 0.6) is 0 Å². The predicted octanol–water partition coefficient (Wildman–Crippen LogP) is 4.67.